The molecular weight excluding hydrogens is 280 g/mol. The molecule has 1 aliphatic heterocycles. The zero-order chi connectivity index (χ0) is 14.1. The first kappa shape index (κ1) is 13.1. The van der Waals surface area contributed by atoms with E-state index in [2.05, 4.69) is 15.3 Å². The van der Waals surface area contributed by atoms with E-state index in [1.54, 1.807) is 0 Å². The summed E-state index contributed by atoms with van der Waals surface area (Å²) in [4.78, 5) is 21.7. The lowest BCUT2D eigenvalue weighted by Crippen LogP contribution is -2.54. The normalized spacial score (nSPS) is 19.2. The molecule has 0 spiro atoms. The fourth-order valence-corrected chi connectivity index (χ4v) is 2.53. The predicted octanol–water partition coefficient (Wildman–Crippen LogP) is 1.15. The number of carboxylic acid groups (broad SMARTS) is 1. The summed E-state index contributed by atoms with van der Waals surface area (Å²) < 4.78 is 0. The van der Waals surface area contributed by atoms with Crippen LogP contribution in [0.5, 0.6) is 0 Å². The smallest absolute Gasteiger partial charge is 0.322 e. The van der Waals surface area contributed by atoms with Crippen LogP contribution in [0, 0.1) is 0 Å². The molecular formula is C13H13ClN4O2. The van der Waals surface area contributed by atoms with Gasteiger partial charge in [-0.25, -0.2) is 9.97 Å². The second kappa shape index (κ2) is 5.22. The Morgan fingerprint density at radius 1 is 1.35 bits per heavy atom. The zero-order valence-electron chi connectivity index (χ0n) is 10.6. The van der Waals surface area contributed by atoms with Crippen molar-refractivity contribution in [2.45, 2.75) is 6.04 Å². The first-order valence-corrected chi connectivity index (χ1v) is 6.66. The largest absolute Gasteiger partial charge is 0.480 e. The molecule has 2 heterocycles. The van der Waals surface area contributed by atoms with Crippen molar-refractivity contribution in [2.24, 2.45) is 0 Å². The monoisotopic (exact) mass is 292 g/mol. The molecule has 1 unspecified atom stereocenters. The SMILES string of the molecule is O=C(O)C1CN(c2nc3ccccc3nc2Cl)CCN1. The molecule has 0 amide bonds. The summed E-state index contributed by atoms with van der Waals surface area (Å²) in [5, 5.41) is 12.3. The third-order valence-corrected chi connectivity index (χ3v) is 3.54. The Kier molecular flexibility index (Phi) is 3.42. The van der Waals surface area contributed by atoms with Crippen LogP contribution in [0.15, 0.2) is 24.3 Å². The molecule has 3 rings (SSSR count). The van der Waals surface area contributed by atoms with Gasteiger partial charge in [0.05, 0.1) is 11.0 Å². The van der Waals surface area contributed by atoms with Gasteiger partial charge in [0.2, 0.25) is 0 Å². The summed E-state index contributed by atoms with van der Waals surface area (Å²) in [6.07, 6.45) is 0. The molecule has 2 N–H and O–H groups in total. The molecule has 1 saturated heterocycles. The van der Waals surface area contributed by atoms with Gasteiger partial charge in [0.25, 0.3) is 0 Å². The van der Waals surface area contributed by atoms with Crippen molar-refractivity contribution in [1.29, 1.82) is 0 Å². The lowest BCUT2D eigenvalue weighted by atomic mass is 10.2. The second-order valence-electron chi connectivity index (χ2n) is 4.62. The fourth-order valence-electron chi connectivity index (χ4n) is 2.28. The van der Waals surface area contributed by atoms with E-state index in [1.165, 1.54) is 0 Å². The van der Waals surface area contributed by atoms with Gasteiger partial charge in [-0.1, -0.05) is 23.7 Å². The van der Waals surface area contributed by atoms with Crippen LogP contribution in [-0.2, 0) is 4.79 Å². The third kappa shape index (κ3) is 2.39. The Hall–Kier alpha value is -1.92. The maximum Gasteiger partial charge on any atom is 0.322 e. The Labute approximate surface area is 120 Å². The molecule has 6 nitrogen and oxygen atoms in total. The number of aromatic nitrogens is 2. The number of piperazine rings is 1. The van der Waals surface area contributed by atoms with E-state index in [1.807, 2.05) is 29.2 Å². The maximum atomic E-state index is 11.1. The van der Waals surface area contributed by atoms with E-state index in [4.69, 9.17) is 16.7 Å². The Balaban J connectivity index is 1.96. The van der Waals surface area contributed by atoms with Crippen LogP contribution in [0.4, 0.5) is 5.82 Å². The molecule has 0 aliphatic carbocycles. The van der Waals surface area contributed by atoms with E-state index in [-0.39, 0.29) is 0 Å². The number of rotatable bonds is 2. The minimum absolute atomic E-state index is 0.301. The average molecular weight is 293 g/mol. The predicted molar refractivity (Wildman–Crippen MR) is 76.2 cm³/mol. The number of carboxylic acids is 1. The van der Waals surface area contributed by atoms with Gasteiger partial charge in [-0.2, -0.15) is 0 Å². The summed E-state index contributed by atoms with van der Waals surface area (Å²) in [6, 6.07) is 6.84. The molecule has 2 aromatic rings. The number of nitrogens with zero attached hydrogens (tertiary/aromatic N) is 3. The standard InChI is InChI=1S/C13H13ClN4O2/c14-11-12(17-9-4-2-1-3-8(9)16-11)18-6-5-15-10(7-18)13(19)20/h1-4,10,15H,5-7H2,(H,19,20). The first-order valence-electron chi connectivity index (χ1n) is 6.28. The number of halogens is 1. The summed E-state index contributed by atoms with van der Waals surface area (Å²) in [7, 11) is 0. The van der Waals surface area contributed by atoms with Gasteiger partial charge < -0.3 is 15.3 Å². The van der Waals surface area contributed by atoms with Crippen LogP contribution in [0.25, 0.3) is 11.0 Å². The number of hydrogen-bond acceptors (Lipinski definition) is 5. The summed E-state index contributed by atoms with van der Waals surface area (Å²) >= 11 is 6.18. The molecule has 104 valence electrons. The molecule has 20 heavy (non-hydrogen) atoms. The van der Waals surface area contributed by atoms with Gasteiger partial charge >= 0.3 is 5.97 Å². The lowest BCUT2D eigenvalue weighted by molar-refractivity contribution is -0.139. The van der Waals surface area contributed by atoms with E-state index in [0.717, 1.165) is 11.0 Å². The van der Waals surface area contributed by atoms with Crippen LogP contribution in [0.2, 0.25) is 5.15 Å². The molecule has 7 heteroatoms. The van der Waals surface area contributed by atoms with Crippen molar-refractivity contribution >= 4 is 34.4 Å². The molecule has 0 bridgehead atoms. The number of para-hydroxylation sites is 2. The van der Waals surface area contributed by atoms with Crippen molar-refractivity contribution in [1.82, 2.24) is 15.3 Å². The number of benzene rings is 1. The molecule has 0 radical (unpaired) electrons. The van der Waals surface area contributed by atoms with Gasteiger partial charge in [-0.3, -0.25) is 4.79 Å². The highest BCUT2D eigenvalue weighted by atomic mass is 35.5. The molecule has 1 aliphatic rings. The fraction of sp³-hybridized carbons (Fsp3) is 0.308. The lowest BCUT2D eigenvalue weighted by Gasteiger charge is -2.32. The van der Waals surface area contributed by atoms with Crippen molar-refractivity contribution < 1.29 is 9.90 Å². The van der Waals surface area contributed by atoms with Gasteiger partial charge in [-0.15, -0.1) is 0 Å². The number of aliphatic carboxylic acids is 1. The average Bonchev–Trinajstić information content (AvgIpc) is 2.46. The van der Waals surface area contributed by atoms with Crippen molar-refractivity contribution in [3.63, 3.8) is 0 Å². The first-order chi connectivity index (χ1) is 9.65. The molecule has 1 aromatic heterocycles. The number of nitrogens with one attached hydrogen (secondary N) is 1. The van der Waals surface area contributed by atoms with Gasteiger partial charge in [-0.05, 0) is 12.1 Å². The van der Waals surface area contributed by atoms with E-state index < -0.39 is 12.0 Å². The number of anilines is 1. The Bertz CT molecular complexity index is 664. The number of fused-ring (bicyclic) bond motifs is 1. The van der Waals surface area contributed by atoms with Crippen molar-refractivity contribution in [3.05, 3.63) is 29.4 Å². The topological polar surface area (TPSA) is 78.3 Å². The highest BCUT2D eigenvalue weighted by Gasteiger charge is 2.27. The Morgan fingerprint density at radius 3 is 2.75 bits per heavy atom. The van der Waals surface area contributed by atoms with Crippen LogP contribution in [0.1, 0.15) is 0 Å². The molecule has 1 atom stereocenters. The van der Waals surface area contributed by atoms with Crippen LogP contribution in [0.3, 0.4) is 0 Å². The minimum atomic E-state index is -0.875. The maximum absolute atomic E-state index is 11.1. The zero-order valence-corrected chi connectivity index (χ0v) is 11.3. The summed E-state index contributed by atoms with van der Waals surface area (Å²) in [6.45, 7) is 1.54. The van der Waals surface area contributed by atoms with Gasteiger partial charge in [0.15, 0.2) is 11.0 Å². The summed E-state index contributed by atoms with van der Waals surface area (Å²) in [5.41, 5.74) is 1.48. The minimum Gasteiger partial charge on any atom is -0.480 e. The third-order valence-electron chi connectivity index (χ3n) is 3.28. The van der Waals surface area contributed by atoms with Crippen LogP contribution >= 0.6 is 11.6 Å². The van der Waals surface area contributed by atoms with E-state index >= 15 is 0 Å². The second-order valence-corrected chi connectivity index (χ2v) is 4.98. The van der Waals surface area contributed by atoms with Crippen molar-refractivity contribution in [2.75, 3.05) is 24.5 Å². The van der Waals surface area contributed by atoms with Crippen LogP contribution in [-0.4, -0.2) is 46.7 Å². The summed E-state index contributed by atoms with van der Waals surface area (Å²) in [5.74, 6) is -0.335. The number of hydrogen-bond donors (Lipinski definition) is 2. The highest BCUT2D eigenvalue weighted by Crippen LogP contribution is 2.25. The number of carbonyl (C=O) groups is 1. The van der Waals surface area contributed by atoms with Crippen molar-refractivity contribution in [3.8, 4) is 0 Å². The van der Waals surface area contributed by atoms with Gasteiger partial charge in [0, 0.05) is 19.6 Å². The molecule has 1 aromatic carbocycles. The van der Waals surface area contributed by atoms with Gasteiger partial charge in [0.1, 0.15) is 6.04 Å². The Morgan fingerprint density at radius 2 is 2.05 bits per heavy atom. The van der Waals surface area contributed by atoms with Crippen LogP contribution < -0.4 is 10.2 Å². The molecule has 0 saturated carbocycles. The quantitative estimate of drug-likeness (QED) is 0.864. The molecule has 1 fully saturated rings. The highest BCUT2D eigenvalue weighted by molar-refractivity contribution is 6.32. The van der Waals surface area contributed by atoms with E-state index in [9.17, 15) is 4.79 Å². The van der Waals surface area contributed by atoms with E-state index in [0.29, 0.717) is 30.6 Å².